The number of nitrogens with zero attached hydrogens (tertiary/aromatic N) is 4. The Kier molecular flexibility index (Phi) is 7.08. The Bertz CT molecular complexity index is 704. The Labute approximate surface area is 180 Å². The molecule has 30 heavy (non-hydrogen) atoms. The van der Waals surface area contributed by atoms with E-state index in [0.717, 1.165) is 32.4 Å². The molecule has 0 unspecified atom stereocenters. The van der Waals surface area contributed by atoms with Crippen LogP contribution in [-0.2, 0) is 16.1 Å². The van der Waals surface area contributed by atoms with Crippen molar-refractivity contribution in [2.45, 2.75) is 76.9 Å². The molecule has 4 heterocycles. The van der Waals surface area contributed by atoms with Crippen molar-refractivity contribution in [3.05, 3.63) is 18.5 Å². The molecular weight excluding hydrogens is 378 g/mol. The zero-order valence-electron chi connectivity index (χ0n) is 18.3. The lowest BCUT2D eigenvalue weighted by molar-refractivity contribution is -0.144. The van der Waals surface area contributed by atoms with Crippen LogP contribution in [-0.4, -0.2) is 69.7 Å². The maximum absolute atomic E-state index is 12.4. The van der Waals surface area contributed by atoms with Crippen LogP contribution in [0, 0.1) is 11.8 Å². The van der Waals surface area contributed by atoms with E-state index in [-0.39, 0.29) is 11.8 Å². The third-order valence-corrected chi connectivity index (χ3v) is 7.43. The van der Waals surface area contributed by atoms with Gasteiger partial charge in [0.2, 0.25) is 11.8 Å². The second-order valence-electron chi connectivity index (χ2n) is 9.34. The minimum absolute atomic E-state index is 0.126. The van der Waals surface area contributed by atoms with Crippen LogP contribution in [0.4, 0.5) is 0 Å². The first-order valence-corrected chi connectivity index (χ1v) is 11.9. The Hall–Kier alpha value is -1.89. The Balaban J connectivity index is 1.25. The average molecular weight is 416 g/mol. The number of amides is 2. The van der Waals surface area contributed by atoms with Crippen LogP contribution in [0.3, 0.4) is 0 Å². The first kappa shape index (κ1) is 21.3. The van der Waals surface area contributed by atoms with Gasteiger partial charge in [-0.1, -0.05) is 0 Å². The van der Waals surface area contributed by atoms with E-state index in [0.29, 0.717) is 36.9 Å². The molecule has 1 N–H and O–H groups in total. The SMILES string of the molecule is CC(=O)N1C[C@@H]2CCCN3CCC[C@@H]([C@H]23)[C@H]1CCCC(=O)NCCCn1cccn1. The van der Waals surface area contributed by atoms with E-state index < -0.39 is 0 Å². The molecule has 0 saturated carbocycles. The Morgan fingerprint density at radius 3 is 2.77 bits per heavy atom. The van der Waals surface area contributed by atoms with Gasteiger partial charge in [0.05, 0.1) is 0 Å². The highest BCUT2D eigenvalue weighted by Gasteiger charge is 2.48. The molecule has 0 aromatic carbocycles. The molecule has 1 aromatic heterocycles. The summed E-state index contributed by atoms with van der Waals surface area (Å²) in [6.07, 6.45) is 11.9. The molecule has 4 rings (SSSR count). The molecular formula is C23H37N5O2. The van der Waals surface area contributed by atoms with Crippen molar-refractivity contribution in [3.63, 3.8) is 0 Å². The number of piperidine rings is 3. The van der Waals surface area contributed by atoms with Crippen molar-refractivity contribution in [1.82, 2.24) is 24.9 Å². The second kappa shape index (κ2) is 9.94. The van der Waals surface area contributed by atoms with E-state index in [1.54, 1.807) is 13.1 Å². The van der Waals surface area contributed by atoms with Crippen LogP contribution in [0.2, 0.25) is 0 Å². The topological polar surface area (TPSA) is 70.5 Å². The number of hydrogen-bond donors (Lipinski definition) is 1. The summed E-state index contributed by atoms with van der Waals surface area (Å²) in [5.74, 6) is 1.56. The zero-order chi connectivity index (χ0) is 20.9. The van der Waals surface area contributed by atoms with Gasteiger partial charge >= 0.3 is 0 Å². The van der Waals surface area contributed by atoms with Gasteiger partial charge in [-0.25, -0.2) is 0 Å². The summed E-state index contributed by atoms with van der Waals surface area (Å²) in [6, 6.07) is 2.87. The van der Waals surface area contributed by atoms with Crippen molar-refractivity contribution < 1.29 is 9.59 Å². The maximum atomic E-state index is 12.4. The molecule has 0 radical (unpaired) electrons. The normalized spacial score (nSPS) is 28.8. The predicted octanol–water partition coefficient (Wildman–Crippen LogP) is 2.28. The van der Waals surface area contributed by atoms with Crippen molar-refractivity contribution >= 4 is 11.8 Å². The van der Waals surface area contributed by atoms with Gasteiger partial charge in [0.15, 0.2) is 0 Å². The summed E-state index contributed by atoms with van der Waals surface area (Å²) >= 11 is 0. The molecule has 2 amide bonds. The molecule has 3 aliphatic heterocycles. The molecule has 0 spiro atoms. The first-order chi connectivity index (χ1) is 14.6. The molecule has 3 fully saturated rings. The van der Waals surface area contributed by atoms with Crippen LogP contribution < -0.4 is 5.32 Å². The highest BCUT2D eigenvalue weighted by molar-refractivity contribution is 5.76. The van der Waals surface area contributed by atoms with Gasteiger partial charge in [0.25, 0.3) is 0 Å². The minimum Gasteiger partial charge on any atom is -0.356 e. The molecule has 1 aromatic rings. The number of carbonyl (C=O) groups is 2. The van der Waals surface area contributed by atoms with Crippen molar-refractivity contribution in [3.8, 4) is 0 Å². The van der Waals surface area contributed by atoms with E-state index in [4.69, 9.17) is 0 Å². The largest absolute Gasteiger partial charge is 0.356 e. The third kappa shape index (κ3) is 4.88. The van der Waals surface area contributed by atoms with Gasteiger partial charge in [-0.3, -0.25) is 19.2 Å². The molecule has 166 valence electrons. The van der Waals surface area contributed by atoms with Crippen LogP contribution in [0.15, 0.2) is 18.5 Å². The molecule has 4 atom stereocenters. The number of carbonyl (C=O) groups excluding carboxylic acids is 2. The Morgan fingerprint density at radius 1 is 1.17 bits per heavy atom. The fourth-order valence-corrected chi connectivity index (χ4v) is 6.19. The van der Waals surface area contributed by atoms with Gasteiger partial charge in [-0.15, -0.1) is 0 Å². The van der Waals surface area contributed by atoms with E-state index in [1.165, 1.54) is 38.8 Å². The lowest BCUT2D eigenvalue weighted by Gasteiger charge is -2.57. The number of rotatable bonds is 8. The number of aryl methyl sites for hydroxylation is 1. The van der Waals surface area contributed by atoms with Gasteiger partial charge in [-0.05, 0) is 75.9 Å². The van der Waals surface area contributed by atoms with E-state index >= 15 is 0 Å². The average Bonchev–Trinajstić information content (AvgIpc) is 3.26. The van der Waals surface area contributed by atoms with E-state index in [2.05, 4.69) is 20.2 Å². The van der Waals surface area contributed by atoms with Crippen molar-refractivity contribution in [2.75, 3.05) is 26.2 Å². The summed E-state index contributed by atoms with van der Waals surface area (Å²) in [5, 5.41) is 7.21. The van der Waals surface area contributed by atoms with Gasteiger partial charge in [0.1, 0.15) is 0 Å². The minimum atomic E-state index is 0.126. The van der Waals surface area contributed by atoms with Gasteiger partial charge in [-0.2, -0.15) is 5.10 Å². The van der Waals surface area contributed by atoms with Crippen LogP contribution in [0.1, 0.15) is 58.3 Å². The van der Waals surface area contributed by atoms with E-state index in [1.807, 2.05) is 16.9 Å². The van der Waals surface area contributed by atoms with Crippen molar-refractivity contribution in [2.24, 2.45) is 11.8 Å². The van der Waals surface area contributed by atoms with Crippen LogP contribution >= 0.6 is 0 Å². The monoisotopic (exact) mass is 415 g/mol. The highest BCUT2D eigenvalue weighted by Crippen LogP contribution is 2.43. The van der Waals surface area contributed by atoms with Crippen molar-refractivity contribution in [1.29, 1.82) is 0 Å². The fraction of sp³-hybridized carbons (Fsp3) is 0.783. The van der Waals surface area contributed by atoms with Gasteiger partial charge in [0, 0.05) is 57.5 Å². The summed E-state index contributed by atoms with van der Waals surface area (Å²) in [7, 11) is 0. The number of likely N-dealkylation sites (tertiary alicyclic amines) is 1. The molecule has 3 aliphatic rings. The number of aromatic nitrogens is 2. The highest BCUT2D eigenvalue weighted by atomic mass is 16.2. The summed E-state index contributed by atoms with van der Waals surface area (Å²) in [4.78, 5) is 29.6. The smallest absolute Gasteiger partial charge is 0.219 e. The van der Waals surface area contributed by atoms with Gasteiger partial charge < -0.3 is 10.2 Å². The standard InChI is InChI=1S/C23H37N5O2/c1-18(29)28-17-19-7-3-13-26-14-4-8-20(23(19)26)21(28)9-2-10-22(30)24-11-5-15-27-16-6-12-25-27/h6,12,16,19-21,23H,2-5,7-11,13-15,17H2,1H3,(H,24,30)/t19-,20+,21+,23-/m0/s1. The predicted molar refractivity (Wildman–Crippen MR) is 116 cm³/mol. The van der Waals surface area contributed by atoms with Crippen LogP contribution in [0.25, 0.3) is 0 Å². The quantitative estimate of drug-likeness (QED) is 0.662. The van der Waals surface area contributed by atoms with Crippen LogP contribution in [0.5, 0.6) is 0 Å². The first-order valence-electron chi connectivity index (χ1n) is 11.9. The number of nitrogens with one attached hydrogen (secondary N) is 1. The third-order valence-electron chi connectivity index (χ3n) is 7.43. The Morgan fingerprint density at radius 2 is 2.00 bits per heavy atom. The maximum Gasteiger partial charge on any atom is 0.219 e. The molecule has 3 saturated heterocycles. The van der Waals surface area contributed by atoms with E-state index in [9.17, 15) is 9.59 Å². The summed E-state index contributed by atoms with van der Waals surface area (Å²) in [5.41, 5.74) is 0. The second-order valence-corrected chi connectivity index (χ2v) is 9.34. The number of hydrogen-bond acceptors (Lipinski definition) is 4. The summed E-state index contributed by atoms with van der Waals surface area (Å²) < 4.78 is 1.89. The zero-order valence-corrected chi connectivity index (χ0v) is 18.3. The molecule has 7 heteroatoms. The lowest BCUT2D eigenvalue weighted by atomic mass is 9.69. The molecule has 0 bridgehead atoms. The lowest BCUT2D eigenvalue weighted by Crippen LogP contribution is -2.65. The summed E-state index contributed by atoms with van der Waals surface area (Å²) in [6.45, 7) is 6.60. The molecule has 0 aliphatic carbocycles. The fourth-order valence-electron chi connectivity index (χ4n) is 6.19. The molecule has 7 nitrogen and oxygen atoms in total.